The van der Waals surface area contributed by atoms with Crippen LogP contribution >= 0.6 is 8.46 Å². The molecule has 1 aromatic carbocycles. The Morgan fingerprint density at radius 3 is 2.03 bits per heavy atom. The maximum absolute atomic E-state index is 13.5. The number of esters is 1. The van der Waals surface area contributed by atoms with Crippen molar-refractivity contribution in [3.63, 3.8) is 0 Å². The summed E-state index contributed by atoms with van der Waals surface area (Å²) >= 11 is 0. The van der Waals surface area contributed by atoms with Crippen LogP contribution in [0.4, 0.5) is 0 Å². The lowest BCUT2D eigenvalue weighted by Gasteiger charge is -2.30. The van der Waals surface area contributed by atoms with Crippen LogP contribution in [0.25, 0.3) is 0 Å². The van der Waals surface area contributed by atoms with Crippen molar-refractivity contribution in [3.8, 4) is 0 Å². The molecule has 0 fully saturated rings. The summed E-state index contributed by atoms with van der Waals surface area (Å²) in [5.74, 6) is -0.525. The third-order valence-electron chi connectivity index (χ3n) is 6.34. The van der Waals surface area contributed by atoms with E-state index in [1.807, 2.05) is 32.9 Å². The number of ether oxygens (including phenoxy) is 1. The molecule has 0 spiro atoms. The van der Waals surface area contributed by atoms with Crippen LogP contribution in [0.1, 0.15) is 119 Å². The van der Waals surface area contributed by atoms with Gasteiger partial charge in [-0.3, -0.25) is 14.2 Å². The first-order chi connectivity index (χ1) is 15.8. The van der Waals surface area contributed by atoms with Gasteiger partial charge in [0.2, 0.25) is 0 Å². The number of Topliss-reactive ketones (excluding diaryl/α,β-unsaturated/α-hetero) is 1. The highest BCUT2D eigenvalue weighted by Crippen LogP contribution is 2.40. The number of hydrogen-bond acceptors (Lipinski definition) is 4. The predicted octanol–water partition coefficient (Wildman–Crippen LogP) is 8.58. The Morgan fingerprint density at radius 1 is 0.941 bits per heavy atom. The van der Waals surface area contributed by atoms with Crippen LogP contribution in [0, 0.1) is 32.1 Å². The Labute approximate surface area is 209 Å². The Balaban J connectivity index is 3.07. The smallest absolute Gasteiger partial charge is 0.324 e. The van der Waals surface area contributed by atoms with E-state index in [0.29, 0.717) is 18.6 Å². The summed E-state index contributed by atoms with van der Waals surface area (Å²) in [5, 5.41) is -1.35. The molecule has 0 heterocycles. The van der Waals surface area contributed by atoms with Crippen molar-refractivity contribution < 1.29 is 18.9 Å². The normalized spacial score (nSPS) is 14.6. The summed E-state index contributed by atoms with van der Waals surface area (Å²) in [6.07, 6.45) is 7.67. The molecule has 0 amide bonds. The predicted molar refractivity (Wildman–Crippen MR) is 142 cm³/mol. The number of carbonyl (C=O) groups excluding carboxylic acids is 2. The number of benzene rings is 1. The van der Waals surface area contributed by atoms with E-state index in [1.54, 1.807) is 0 Å². The molecule has 0 aliphatic carbocycles. The molecule has 0 saturated carbocycles. The number of unbranched alkanes of at least 4 members (excludes halogenated alkanes) is 5. The average molecular weight is 491 g/mol. The Bertz CT molecular complexity index is 801. The number of carbonyl (C=O) groups is 2. The summed E-state index contributed by atoms with van der Waals surface area (Å²) in [6, 6.07) is 3.96. The lowest BCUT2D eigenvalue weighted by molar-refractivity contribution is -0.147. The first-order valence-corrected chi connectivity index (χ1v) is 13.8. The van der Waals surface area contributed by atoms with Gasteiger partial charge < -0.3 is 4.74 Å². The fraction of sp³-hybridized carbons (Fsp3) is 0.724. The lowest BCUT2D eigenvalue weighted by Crippen LogP contribution is -2.39. The maximum atomic E-state index is 13.5. The van der Waals surface area contributed by atoms with Gasteiger partial charge >= 0.3 is 5.97 Å². The molecule has 4 nitrogen and oxygen atoms in total. The molecule has 1 aromatic rings. The molecule has 0 aromatic heterocycles. The summed E-state index contributed by atoms with van der Waals surface area (Å²) in [7, 11) is -0.339. The summed E-state index contributed by atoms with van der Waals surface area (Å²) in [5.41, 5.74) is 3.58. The first kappa shape index (κ1) is 30.5. The van der Waals surface area contributed by atoms with Crippen LogP contribution in [-0.2, 0) is 14.1 Å². The zero-order valence-electron chi connectivity index (χ0n) is 22.9. The fourth-order valence-corrected chi connectivity index (χ4v) is 5.92. The number of aryl methyl sites for hydroxylation is 3. The quantitative estimate of drug-likeness (QED) is 0.107. The van der Waals surface area contributed by atoms with Gasteiger partial charge in [-0.25, -0.2) is 0 Å². The van der Waals surface area contributed by atoms with Gasteiger partial charge in [0.25, 0.3) is 0 Å². The minimum atomic E-state index is -1.35. The molecule has 2 unspecified atom stereocenters. The van der Waals surface area contributed by atoms with E-state index in [4.69, 9.17) is 4.74 Å². The number of ketones is 1. The van der Waals surface area contributed by atoms with Crippen molar-refractivity contribution in [2.45, 2.75) is 118 Å². The van der Waals surface area contributed by atoms with E-state index >= 15 is 0 Å². The summed E-state index contributed by atoms with van der Waals surface area (Å²) in [4.78, 5) is 26.8. The van der Waals surface area contributed by atoms with Crippen LogP contribution in [0.15, 0.2) is 12.1 Å². The largest absolute Gasteiger partial charge is 0.465 e. The van der Waals surface area contributed by atoms with Crippen molar-refractivity contribution in [1.29, 1.82) is 0 Å². The van der Waals surface area contributed by atoms with Gasteiger partial charge in [0.05, 0.1) is 6.61 Å². The van der Waals surface area contributed by atoms with E-state index in [9.17, 15) is 14.2 Å². The van der Waals surface area contributed by atoms with Crippen molar-refractivity contribution in [3.05, 3.63) is 34.4 Å². The van der Waals surface area contributed by atoms with E-state index < -0.39 is 11.1 Å². The maximum Gasteiger partial charge on any atom is 0.324 e. The van der Waals surface area contributed by atoms with E-state index in [0.717, 1.165) is 42.4 Å². The van der Waals surface area contributed by atoms with Crippen molar-refractivity contribution in [1.82, 2.24) is 0 Å². The SMILES string of the molecule is CCCCCCCCOC(=O)C(CC(=O)c1c(C)cc(C)cc1C)(CC(C)CC(C)(C)C)P=O. The topological polar surface area (TPSA) is 60.4 Å². The second kappa shape index (κ2) is 14.1. The highest BCUT2D eigenvalue weighted by molar-refractivity contribution is 7.28. The van der Waals surface area contributed by atoms with Crippen LogP contribution in [0.5, 0.6) is 0 Å². The summed E-state index contributed by atoms with van der Waals surface area (Å²) in [6.45, 7) is 16.9. The van der Waals surface area contributed by atoms with Gasteiger partial charge in [-0.2, -0.15) is 0 Å². The molecule has 192 valence electrons. The molecule has 34 heavy (non-hydrogen) atoms. The molecular formula is C29H47O4P. The summed E-state index contributed by atoms with van der Waals surface area (Å²) < 4.78 is 18.3. The fourth-order valence-electron chi connectivity index (χ4n) is 5.18. The van der Waals surface area contributed by atoms with Gasteiger partial charge in [-0.1, -0.05) is 84.4 Å². The highest BCUT2D eigenvalue weighted by atomic mass is 31.1. The van der Waals surface area contributed by atoms with E-state index in [2.05, 4.69) is 34.6 Å². The van der Waals surface area contributed by atoms with Gasteiger partial charge in [0.1, 0.15) is 0 Å². The zero-order chi connectivity index (χ0) is 25.9. The molecule has 1 rings (SSSR count). The molecular weight excluding hydrogens is 443 g/mol. The number of hydrogen-bond donors (Lipinski definition) is 0. The van der Waals surface area contributed by atoms with Crippen molar-refractivity contribution in [2.24, 2.45) is 11.3 Å². The van der Waals surface area contributed by atoms with E-state index in [1.165, 1.54) is 19.3 Å². The van der Waals surface area contributed by atoms with Gasteiger partial charge in [-0.15, -0.1) is 0 Å². The second-order valence-electron chi connectivity index (χ2n) is 11.5. The lowest BCUT2D eigenvalue weighted by atomic mass is 9.79. The van der Waals surface area contributed by atoms with Gasteiger partial charge in [0.15, 0.2) is 19.4 Å². The molecule has 2 atom stereocenters. The third kappa shape index (κ3) is 9.98. The molecule has 5 heteroatoms. The Hall–Kier alpha value is -1.54. The third-order valence-corrected chi connectivity index (χ3v) is 7.21. The van der Waals surface area contributed by atoms with Crippen LogP contribution < -0.4 is 0 Å². The van der Waals surface area contributed by atoms with Crippen molar-refractivity contribution >= 4 is 20.2 Å². The highest BCUT2D eigenvalue weighted by Gasteiger charge is 2.45. The minimum absolute atomic E-state index is 0.0709. The number of rotatable bonds is 15. The molecule has 0 bridgehead atoms. The molecule has 0 radical (unpaired) electrons. The molecule has 0 aliphatic heterocycles. The van der Waals surface area contributed by atoms with Gasteiger partial charge in [0, 0.05) is 12.0 Å². The first-order valence-electron chi connectivity index (χ1n) is 13.0. The minimum Gasteiger partial charge on any atom is -0.465 e. The van der Waals surface area contributed by atoms with Crippen LogP contribution in [0.2, 0.25) is 0 Å². The Morgan fingerprint density at radius 2 is 1.50 bits per heavy atom. The Kier molecular flexibility index (Phi) is 12.7. The molecule has 0 N–H and O–H groups in total. The average Bonchev–Trinajstić information content (AvgIpc) is 2.70. The van der Waals surface area contributed by atoms with E-state index in [-0.39, 0.29) is 32.0 Å². The standard InChI is InChI=1S/C29H47O4P/c1-9-10-11-12-13-14-15-33-27(31)29(34-32,19-22(3)18-28(6,7)8)20-25(30)26-23(4)16-21(2)17-24(26)5/h16-17,22H,9-15,18-20H2,1-8H3. The van der Waals surface area contributed by atoms with Gasteiger partial charge in [-0.05, 0) is 62.5 Å². The monoisotopic (exact) mass is 490 g/mol. The zero-order valence-corrected chi connectivity index (χ0v) is 23.8. The van der Waals surface area contributed by atoms with Crippen molar-refractivity contribution in [2.75, 3.05) is 6.61 Å². The second-order valence-corrected chi connectivity index (χ2v) is 12.5. The van der Waals surface area contributed by atoms with Crippen LogP contribution in [-0.4, -0.2) is 23.5 Å². The van der Waals surface area contributed by atoms with Crippen LogP contribution in [0.3, 0.4) is 0 Å². The molecule has 0 saturated heterocycles. The molecule has 0 aliphatic rings.